The van der Waals surface area contributed by atoms with Crippen molar-refractivity contribution in [3.8, 4) is 29.2 Å². The molecule has 0 unspecified atom stereocenters. The molecule has 1 nitrogen and oxygen atoms in total. The second-order valence-electron chi connectivity index (χ2n) is 5.11. The Bertz CT molecular complexity index is 847. The van der Waals surface area contributed by atoms with Crippen LogP contribution in [0.4, 0.5) is 4.39 Å². The largest absolute Gasteiger partial charge is 0.488 e. The van der Waals surface area contributed by atoms with E-state index in [2.05, 4.69) is 5.92 Å². The molecular weight excluding hydrogens is 287 g/mol. The van der Waals surface area contributed by atoms with Gasteiger partial charge in [-0.15, -0.1) is 6.42 Å². The zero-order chi connectivity index (χ0) is 16.1. The Balaban J connectivity index is 1.94. The molecule has 112 valence electrons. The van der Waals surface area contributed by atoms with E-state index in [1.165, 1.54) is 6.07 Å². The molecule has 0 fully saturated rings. The van der Waals surface area contributed by atoms with Crippen LogP contribution in [-0.2, 0) is 6.61 Å². The first-order chi connectivity index (χ1) is 11.3. The molecule has 0 aliphatic rings. The van der Waals surface area contributed by atoms with Gasteiger partial charge in [-0.1, -0.05) is 54.5 Å². The molecular formula is C21H15FO. The molecule has 2 heteroatoms. The first-order valence-corrected chi connectivity index (χ1v) is 7.30. The first-order valence-electron chi connectivity index (χ1n) is 7.30. The summed E-state index contributed by atoms with van der Waals surface area (Å²) in [6, 6.07) is 21.9. The summed E-state index contributed by atoms with van der Waals surface area (Å²) >= 11 is 0. The maximum Gasteiger partial charge on any atom is 0.131 e. The van der Waals surface area contributed by atoms with E-state index < -0.39 is 0 Å². The molecule has 23 heavy (non-hydrogen) atoms. The third kappa shape index (κ3) is 3.41. The number of hydrogen-bond acceptors (Lipinski definition) is 1. The Morgan fingerprint density at radius 1 is 0.870 bits per heavy atom. The fourth-order valence-corrected chi connectivity index (χ4v) is 2.37. The van der Waals surface area contributed by atoms with Crippen molar-refractivity contribution in [3.63, 3.8) is 0 Å². The van der Waals surface area contributed by atoms with Crippen LogP contribution in [0.15, 0.2) is 72.8 Å². The summed E-state index contributed by atoms with van der Waals surface area (Å²) in [5, 5.41) is 0. The molecule has 0 atom stereocenters. The molecule has 0 aliphatic carbocycles. The van der Waals surface area contributed by atoms with Crippen molar-refractivity contribution in [1.82, 2.24) is 0 Å². The van der Waals surface area contributed by atoms with Crippen LogP contribution in [0.3, 0.4) is 0 Å². The molecule has 3 rings (SSSR count). The van der Waals surface area contributed by atoms with Gasteiger partial charge in [-0.3, -0.25) is 0 Å². The lowest BCUT2D eigenvalue weighted by Gasteiger charge is -2.12. The van der Waals surface area contributed by atoms with Gasteiger partial charge in [0.05, 0.1) is 0 Å². The highest BCUT2D eigenvalue weighted by molar-refractivity contribution is 5.72. The van der Waals surface area contributed by atoms with Crippen LogP contribution in [0.2, 0.25) is 0 Å². The van der Waals surface area contributed by atoms with Gasteiger partial charge in [0, 0.05) is 16.7 Å². The monoisotopic (exact) mass is 302 g/mol. The number of hydrogen-bond donors (Lipinski definition) is 0. The van der Waals surface area contributed by atoms with E-state index in [-0.39, 0.29) is 5.82 Å². The van der Waals surface area contributed by atoms with E-state index in [1.54, 1.807) is 12.1 Å². The van der Waals surface area contributed by atoms with E-state index in [1.807, 2.05) is 54.6 Å². The second-order valence-corrected chi connectivity index (χ2v) is 5.11. The van der Waals surface area contributed by atoms with Gasteiger partial charge in [0.2, 0.25) is 0 Å². The minimum absolute atomic E-state index is 0.320. The highest BCUT2D eigenvalue weighted by atomic mass is 19.1. The van der Waals surface area contributed by atoms with Crippen molar-refractivity contribution < 1.29 is 9.13 Å². The molecule has 0 N–H and O–H groups in total. The molecule has 0 spiro atoms. The van der Waals surface area contributed by atoms with Crippen LogP contribution < -0.4 is 4.74 Å². The predicted octanol–water partition coefficient (Wildman–Crippen LogP) is 5.05. The summed E-state index contributed by atoms with van der Waals surface area (Å²) < 4.78 is 20.1. The third-order valence-corrected chi connectivity index (χ3v) is 3.55. The normalized spacial score (nSPS) is 10.1. The summed E-state index contributed by atoms with van der Waals surface area (Å²) in [5.74, 6) is 2.84. The summed E-state index contributed by atoms with van der Waals surface area (Å²) in [5.41, 5.74) is 2.83. The lowest BCUT2D eigenvalue weighted by molar-refractivity contribution is 0.307. The van der Waals surface area contributed by atoms with Crippen LogP contribution in [0.1, 0.15) is 11.1 Å². The van der Waals surface area contributed by atoms with Crippen LogP contribution in [-0.4, -0.2) is 0 Å². The Morgan fingerprint density at radius 3 is 2.39 bits per heavy atom. The Hall–Kier alpha value is -3.05. The molecule has 3 aromatic carbocycles. The van der Waals surface area contributed by atoms with Crippen molar-refractivity contribution in [3.05, 3.63) is 89.7 Å². The fourth-order valence-electron chi connectivity index (χ4n) is 2.37. The number of ether oxygens (including phenoxy) is 1. The average Bonchev–Trinajstić information content (AvgIpc) is 2.62. The quantitative estimate of drug-likeness (QED) is 0.613. The van der Waals surface area contributed by atoms with E-state index in [9.17, 15) is 4.39 Å². The smallest absolute Gasteiger partial charge is 0.131 e. The van der Waals surface area contributed by atoms with Crippen LogP contribution in [0, 0.1) is 18.2 Å². The number of halogens is 1. The average molecular weight is 302 g/mol. The van der Waals surface area contributed by atoms with Crippen molar-refractivity contribution in [2.45, 2.75) is 6.61 Å². The molecule has 3 aromatic rings. The minimum Gasteiger partial charge on any atom is -0.488 e. The molecule has 0 radical (unpaired) electrons. The Labute approximate surface area is 135 Å². The topological polar surface area (TPSA) is 9.23 Å². The third-order valence-electron chi connectivity index (χ3n) is 3.55. The number of terminal acetylenes is 1. The van der Waals surface area contributed by atoms with Gasteiger partial charge in [0.25, 0.3) is 0 Å². The fraction of sp³-hybridized carbons (Fsp3) is 0.0476. The summed E-state index contributed by atoms with van der Waals surface area (Å²) in [6.07, 6.45) is 5.42. The van der Waals surface area contributed by atoms with Crippen molar-refractivity contribution >= 4 is 0 Å². The summed E-state index contributed by atoms with van der Waals surface area (Å²) in [7, 11) is 0. The van der Waals surface area contributed by atoms with Gasteiger partial charge in [0.1, 0.15) is 18.2 Å². The predicted molar refractivity (Wildman–Crippen MR) is 90.5 cm³/mol. The van der Waals surface area contributed by atoms with Crippen molar-refractivity contribution in [2.24, 2.45) is 0 Å². The number of para-hydroxylation sites is 1. The summed E-state index contributed by atoms with van der Waals surface area (Å²) in [4.78, 5) is 0. The standard InChI is InChI=1S/C21H15FO/c1-2-16-12-13-20(22)19(14-16)18-10-6-7-11-21(18)23-15-17-8-4-3-5-9-17/h1,3-14H,15H2. The van der Waals surface area contributed by atoms with Crippen LogP contribution in [0.25, 0.3) is 11.1 Å². The number of rotatable bonds is 4. The van der Waals surface area contributed by atoms with Gasteiger partial charge in [0.15, 0.2) is 0 Å². The lowest BCUT2D eigenvalue weighted by atomic mass is 10.0. The lowest BCUT2D eigenvalue weighted by Crippen LogP contribution is -1.97. The van der Waals surface area contributed by atoms with Gasteiger partial charge in [-0.25, -0.2) is 4.39 Å². The zero-order valence-corrected chi connectivity index (χ0v) is 12.5. The first kappa shape index (κ1) is 14.9. The maximum absolute atomic E-state index is 14.2. The van der Waals surface area contributed by atoms with Gasteiger partial charge >= 0.3 is 0 Å². The Kier molecular flexibility index (Phi) is 4.40. The van der Waals surface area contributed by atoms with E-state index in [0.717, 1.165) is 5.56 Å². The minimum atomic E-state index is -0.320. The van der Waals surface area contributed by atoms with E-state index in [0.29, 0.717) is 29.0 Å². The molecule has 0 aliphatic heterocycles. The molecule has 0 saturated heterocycles. The van der Waals surface area contributed by atoms with Crippen LogP contribution in [0.5, 0.6) is 5.75 Å². The van der Waals surface area contributed by atoms with Gasteiger partial charge < -0.3 is 4.74 Å². The molecule has 0 heterocycles. The SMILES string of the molecule is C#Cc1ccc(F)c(-c2ccccc2OCc2ccccc2)c1. The second kappa shape index (κ2) is 6.81. The highest BCUT2D eigenvalue weighted by Crippen LogP contribution is 2.32. The molecule has 0 saturated carbocycles. The molecule has 0 bridgehead atoms. The highest BCUT2D eigenvalue weighted by Gasteiger charge is 2.11. The molecule has 0 aromatic heterocycles. The van der Waals surface area contributed by atoms with Crippen LogP contribution >= 0.6 is 0 Å². The van der Waals surface area contributed by atoms with E-state index >= 15 is 0 Å². The molecule has 0 amide bonds. The van der Waals surface area contributed by atoms with Crippen molar-refractivity contribution in [2.75, 3.05) is 0 Å². The number of benzene rings is 3. The Morgan fingerprint density at radius 2 is 1.61 bits per heavy atom. The maximum atomic E-state index is 14.2. The zero-order valence-electron chi connectivity index (χ0n) is 12.5. The van der Waals surface area contributed by atoms with E-state index in [4.69, 9.17) is 11.2 Å². The summed E-state index contributed by atoms with van der Waals surface area (Å²) in [6.45, 7) is 0.425. The van der Waals surface area contributed by atoms with Crippen molar-refractivity contribution in [1.29, 1.82) is 0 Å². The van der Waals surface area contributed by atoms with Gasteiger partial charge in [-0.05, 0) is 29.8 Å². The van der Waals surface area contributed by atoms with Gasteiger partial charge in [-0.2, -0.15) is 0 Å².